The fourth-order valence-corrected chi connectivity index (χ4v) is 1.40. The number of nitrogens with one attached hydrogen (secondary N) is 2. The third-order valence-electron chi connectivity index (χ3n) is 2.48. The quantitative estimate of drug-likeness (QED) is 0.443. The first-order chi connectivity index (χ1) is 7.72. The molecule has 1 amide bonds. The Kier molecular flexibility index (Phi) is 10.1. The van der Waals surface area contributed by atoms with E-state index in [-0.39, 0.29) is 11.9 Å². The minimum atomic E-state index is -0.0778. The van der Waals surface area contributed by atoms with Gasteiger partial charge in [-0.15, -0.1) is 6.58 Å². The third kappa shape index (κ3) is 8.48. The molecule has 1 atom stereocenters. The number of carbonyl (C=O) groups is 1. The highest BCUT2D eigenvalue weighted by atomic mass is 16.2. The number of hydrogen-bond donors (Lipinski definition) is 2. The fourth-order valence-electron chi connectivity index (χ4n) is 1.40. The maximum absolute atomic E-state index is 11.5. The van der Waals surface area contributed by atoms with Crippen LogP contribution in [0.25, 0.3) is 0 Å². The Morgan fingerprint density at radius 3 is 2.69 bits per heavy atom. The normalized spacial score (nSPS) is 12.1. The minimum Gasteiger partial charge on any atom is -0.355 e. The second-order valence-corrected chi connectivity index (χ2v) is 4.10. The molecule has 0 fully saturated rings. The lowest BCUT2D eigenvalue weighted by atomic mass is 10.2. The SMILES string of the molecule is C=CCCCCCNC(C)C(=O)NCCC. The monoisotopic (exact) mass is 226 g/mol. The first-order valence-electron chi connectivity index (χ1n) is 6.34. The molecule has 0 bridgehead atoms. The van der Waals surface area contributed by atoms with Crippen molar-refractivity contribution >= 4 is 5.91 Å². The fraction of sp³-hybridized carbons (Fsp3) is 0.769. The van der Waals surface area contributed by atoms with Crippen LogP contribution in [0.2, 0.25) is 0 Å². The molecular weight excluding hydrogens is 200 g/mol. The average Bonchev–Trinajstić information content (AvgIpc) is 2.30. The molecule has 0 radical (unpaired) electrons. The van der Waals surface area contributed by atoms with Gasteiger partial charge < -0.3 is 10.6 Å². The Bertz CT molecular complexity index is 192. The minimum absolute atomic E-state index is 0.0778. The third-order valence-corrected chi connectivity index (χ3v) is 2.48. The number of unbranched alkanes of at least 4 members (excludes halogenated alkanes) is 3. The van der Waals surface area contributed by atoms with Crippen LogP contribution < -0.4 is 10.6 Å². The van der Waals surface area contributed by atoms with Crippen molar-refractivity contribution in [3.8, 4) is 0 Å². The van der Waals surface area contributed by atoms with Gasteiger partial charge in [0.2, 0.25) is 5.91 Å². The van der Waals surface area contributed by atoms with Crippen molar-refractivity contribution < 1.29 is 4.79 Å². The predicted molar refractivity (Wildman–Crippen MR) is 69.4 cm³/mol. The number of rotatable bonds is 10. The number of allylic oxidation sites excluding steroid dienone is 1. The summed E-state index contributed by atoms with van der Waals surface area (Å²) in [6, 6.07) is -0.0778. The first kappa shape index (κ1) is 15.2. The summed E-state index contributed by atoms with van der Waals surface area (Å²) in [7, 11) is 0. The lowest BCUT2D eigenvalue weighted by Crippen LogP contribution is -2.42. The van der Waals surface area contributed by atoms with E-state index in [9.17, 15) is 4.79 Å². The van der Waals surface area contributed by atoms with E-state index in [0.29, 0.717) is 0 Å². The van der Waals surface area contributed by atoms with Gasteiger partial charge in [-0.1, -0.05) is 19.4 Å². The van der Waals surface area contributed by atoms with Crippen molar-refractivity contribution in [3.63, 3.8) is 0 Å². The Balaban J connectivity index is 3.38. The van der Waals surface area contributed by atoms with Crippen molar-refractivity contribution in [2.75, 3.05) is 13.1 Å². The van der Waals surface area contributed by atoms with Crippen molar-refractivity contribution in [1.82, 2.24) is 10.6 Å². The molecule has 0 aliphatic rings. The summed E-state index contributed by atoms with van der Waals surface area (Å²) in [4.78, 5) is 11.5. The Labute approximate surface area is 99.7 Å². The van der Waals surface area contributed by atoms with E-state index in [1.807, 2.05) is 13.0 Å². The standard InChI is InChI=1S/C13H26N2O/c1-4-6-7-8-9-11-14-12(3)13(16)15-10-5-2/h4,12,14H,1,5-11H2,2-3H3,(H,15,16). The zero-order chi connectivity index (χ0) is 12.2. The van der Waals surface area contributed by atoms with E-state index in [1.54, 1.807) is 0 Å². The molecule has 3 nitrogen and oxygen atoms in total. The van der Waals surface area contributed by atoms with Gasteiger partial charge in [0.1, 0.15) is 0 Å². The zero-order valence-electron chi connectivity index (χ0n) is 10.7. The molecule has 0 spiro atoms. The molecule has 94 valence electrons. The van der Waals surface area contributed by atoms with Crippen molar-refractivity contribution in [3.05, 3.63) is 12.7 Å². The Morgan fingerprint density at radius 2 is 2.06 bits per heavy atom. The van der Waals surface area contributed by atoms with E-state index >= 15 is 0 Å². The topological polar surface area (TPSA) is 41.1 Å². The van der Waals surface area contributed by atoms with E-state index in [1.165, 1.54) is 12.8 Å². The molecular formula is C13H26N2O. The largest absolute Gasteiger partial charge is 0.355 e. The maximum atomic E-state index is 11.5. The highest BCUT2D eigenvalue weighted by Gasteiger charge is 2.09. The van der Waals surface area contributed by atoms with Crippen molar-refractivity contribution in [2.24, 2.45) is 0 Å². The molecule has 3 heteroatoms. The molecule has 0 aromatic heterocycles. The van der Waals surface area contributed by atoms with Crippen molar-refractivity contribution in [2.45, 2.75) is 52.0 Å². The van der Waals surface area contributed by atoms with Gasteiger partial charge in [-0.25, -0.2) is 0 Å². The summed E-state index contributed by atoms with van der Waals surface area (Å²) >= 11 is 0. The van der Waals surface area contributed by atoms with Gasteiger partial charge in [0.15, 0.2) is 0 Å². The van der Waals surface area contributed by atoms with Crippen LogP contribution in [0.5, 0.6) is 0 Å². The highest BCUT2D eigenvalue weighted by Crippen LogP contribution is 1.99. The molecule has 0 saturated heterocycles. The smallest absolute Gasteiger partial charge is 0.236 e. The summed E-state index contributed by atoms with van der Waals surface area (Å²) < 4.78 is 0. The van der Waals surface area contributed by atoms with Gasteiger partial charge in [-0.2, -0.15) is 0 Å². The summed E-state index contributed by atoms with van der Waals surface area (Å²) in [5.74, 6) is 0.105. The second kappa shape index (κ2) is 10.7. The molecule has 2 N–H and O–H groups in total. The van der Waals surface area contributed by atoms with Crippen LogP contribution >= 0.6 is 0 Å². The molecule has 0 rings (SSSR count). The van der Waals surface area contributed by atoms with Crippen LogP contribution in [0.3, 0.4) is 0 Å². The second-order valence-electron chi connectivity index (χ2n) is 4.10. The Morgan fingerprint density at radius 1 is 1.31 bits per heavy atom. The van der Waals surface area contributed by atoms with Gasteiger partial charge in [0, 0.05) is 6.54 Å². The lowest BCUT2D eigenvalue weighted by Gasteiger charge is -2.13. The van der Waals surface area contributed by atoms with E-state index in [4.69, 9.17) is 0 Å². The summed E-state index contributed by atoms with van der Waals surface area (Å²) in [5.41, 5.74) is 0. The Hall–Kier alpha value is -0.830. The number of amides is 1. The van der Waals surface area contributed by atoms with Crippen LogP contribution in [-0.2, 0) is 4.79 Å². The van der Waals surface area contributed by atoms with Crippen LogP contribution in [0.1, 0.15) is 46.0 Å². The van der Waals surface area contributed by atoms with Gasteiger partial charge in [0.25, 0.3) is 0 Å². The van der Waals surface area contributed by atoms with Gasteiger partial charge in [0.05, 0.1) is 6.04 Å². The molecule has 0 saturated carbocycles. The van der Waals surface area contributed by atoms with Crippen LogP contribution in [0.4, 0.5) is 0 Å². The van der Waals surface area contributed by atoms with Gasteiger partial charge in [-0.05, 0) is 39.2 Å². The zero-order valence-corrected chi connectivity index (χ0v) is 10.7. The van der Waals surface area contributed by atoms with Crippen LogP contribution in [0, 0.1) is 0 Å². The molecule has 16 heavy (non-hydrogen) atoms. The lowest BCUT2D eigenvalue weighted by molar-refractivity contribution is -0.122. The molecule has 0 aromatic rings. The van der Waals surface area contributed by atoms with Crippen molar-refractivity contribution in [1.29, 1.82) is 0 Å². The highest BCUT2D eigenvalue weighted by molar-refractivity contribution is 5.81. The molecule has 0 heterocycles. The van der Waals surface area contributed by atoms with Gasteiger partial charge >= 0.3 is 0 Å². The predicted octanol–water partition coefficient (Wildman–Crippen LogP) is 2.24. The van der Waals surface area contributed by atoms with E-state index in [0.717, 1.165) is 32.4 Å². The molecule has 0 aliphatic carbocycles. The summed E-state index contributed by atoms with van der Waals surface area (Å²) in [6.45, 7) is 9.34. The average molecular weight is 226 g/mol. The first-order valence-corrected chi connectivity index (χ1v) is 6.34. The van der Waals surface area contributed by atoms with E-state index in [2.05, 4.69) is 24.1 Å². The molecule has 0 aromatic carbocycles. The molecule has 1 unspecified atom stereocenters. The number of hydrogen-bond acceptors (Lipinski definition) is 2. The van der Waals surface area contributed by atoms with Crippen LogP contribution in [0.15, 0.2) is 12.7 Å². The number of carbonyl (C=O) groups excluding carboxylic acids is 1. The van der Waals surface area contributed by atoms with E-state index < -0.39 is 0 Å². The maximum Gasteiger partial charge on any atom is 0.236 e. The summed E-state index contributed by atoms with van der Waals surface area (Å²) in [5, 5.41) is 6.11. The summed E-state index contributed by atoms with van der Waals surface area (Å²) in [6.07, 6.45) is 7.55. The van der Waals surface area contributed by atoms with Gasteiger partial charge in [-0.3, -0.25) is 4.79 Å². The van der Waals surface area contributed by atoms with Crippen LogP contribution in [-0.4, -0.2) is 25.0 Å². The molecule has 0 aliphatic heterocycles.